The lowest BCUT2D eigenvalue weighted by atomic mass is 10.1. The Morgan fingerprint density at radius 3 is 2.26 bits per heavy atom. The quantitative estimate of drug-likeness (QED) is 0.362. The molecule has 180 valence electrons. The third-order valence-electron chi connectivity index (χ3n) is 5.22. The first-order valence-corrected chi connectivity index (χ1v) is 10.6. The van der Waals surface area contributed by atoms with Gasteiger partial charge in [-0.25, -0.2) is 0 Å². The minimum Gasteiger partial charge on any atom is -0.451 e. The van der Waals surface area contributed by atoms with Crippen LogP contribution in [-0.4, -0.2) is 30.1 Å². The average Bonchev–Trinajstić information content (AvgIpc) is 3.25. The van der Waals surface area contributed by atoms with Crippen LogP contribution in [0.2, 0.25) is 0 Å². The number of alkyl halides is 3. The number of hydrogen-bond acceptors (Lipinski definition) is 4. The molecule has 6 nitrogen and oxygen atoms in total. The molecule has 0 bridgehead atoms. The van der Waals surface area contributed by atoms with Gasteiger partial charge >= 0.3 is 6.36 Å². The third kappa shape index (κ3) is 6.41. The molecular formula is C26H21F3N2O4. The average molecular weight is 482 g/mol. The summed E-state index contributed by atoms with van der Waals surface area (Å²) in [6.45, 7) is 0.233. The van der Waals surface area contributed by atoms with Gasteiger partial charge in [-0.05, 0) is 47.5 Å². The predicted octanol–water partition coefficient (Wildman–Crippen LogP) is 5.78. The van der Waals surface area contributed by atoms with Gasteiger partial charge in [0.15, 0.2) is 5.76 Å². The fourth-order valence-electron chi connectivity index (χ4n) is 3.46. The monoisotopic (exact) mass is 482 g/mol. The highest BCUT2D eigenvalue weighted by Gasteiger charge is 2.31. The highest BCUT2D eigenvalue weighted by Crippen LogP contribution is 2.23. The Morgan fingerprint density at radius 1 is 0.943 bits per heavy atom. The summed E-state index contributed by atoms with van der Waals surface area (Å²) >= 11 is 0. The van der Waals surface area contributed by atoms with E-state index in [1.807, 2.05) is 18.2 Å². The molecule has 4 aromatic rings. The van der Waals surface area contributed by atoms with Gasteiger partial charge in [0.2, 0.25) is 5.91 Å². The maximum absolute atomic E-state index is 12.6. The fraction of sp³-hybridized carbons (Fsp3) is 0.154. The van der Waals surface area contributed by atoms with E-state index in [-0.39, 0.29) is 36.3 Å². The van der Waals surface area contributed by atoms with Crippen molar-refractivity contribution in [2.75, 3.05) is 12.4 Å². The first-order chi connectivity index (χ1) is 16.7. The summed E-state index contributed by atoms with van der Waals surface area (Å²) in [5, 5.41) is 3.60. The van der Waals surface area contributed by atoms with Crippen LogP contribution >= 0.6 is 0 Å². The van der Waals surface area contributed by atoms with Crippen molar-refractivity contribution in [2.45, 2.75) is 19.3 Å². The lowest BCUT2D eigenvalue weighted by Crippen LogP contribution is -2.27. The number of carbonyl (C=O) groups excluding carboxylic acids is 2. The van der Waals surface area contributed by atoms with Crippen molar-refractivity contribution in [2.24, 2.45) is 0 Å². The number of amides is 2. The number of anilines is 1. The van der Waals surface area contributed by atoms with E-state index in [4.69, 9.17) is 4.42 Å². The number of benzene rings is 3. The number of rotatable bonds is 7. The molecule has 0 saturated carbocycles. The molecule has 3 aromatic carbocycles. The Labute approximate surface area is 198 Å². The molecule has 0 atom stereocenters. The van der Waals surface area contributed by atoms with Crippen molar-refractivity contribution in [1.29, 1.82) is 0 Å². The smallest absolute Gasteiger partial charge is 0.451 e. The largest absolute Gasteiger partial charge is 0.573 e. The molecule has 0 aliphatic rings. The predicted molar refractivity (Wildman–Crippen MR) is 124 cm³/mol. The zero-order chi connectivity index (χ0) is 25.0. The molecule has 0 spiro atoms. The minimum absolute atomic E-state index is 0.129. The zero-order valence-corrected chi connectivity index (χ0v) is 18.6. The standard InChI is InChI=1S/C26H21F3N2O4/c1-31(16-18-8-12-21(13-9-18)35-26(27,28)29)24(32)14-17-6-10-20(11-7-17)30-25(33)23-15-19-4-2-3-5-22(19)34-23/h2-13,15H,14,16H2,1H3,(H,30,33). The zero-order valence-electron chi connectivity index (χ0n) is 18.6. The van der Waals surface area contributed by atoms with E-state index >= 15 is 0 Å². The number of fused-ring (bicyclic) bond motifs is 1. The number of nitrogens with zero attached hydrogens (tertiary/aromatic N) is 1. The number of ether oxygens (including phenoxy) is 1. The van der Waals surface area contributed by atoms with Gasteiger partial charge in [0.1, 0.15) is 11.3 Å². The van der Waals surface area contributed by atoms with E-state index in [0.29, 0.717) is 16.8 Å². The summed E-state index contributed by atoms with van der Waals surface area (Å²) in [4.78, 5) is 26.5. The van der Waals surface area contributed by atoms with Crippen molar-refractivity contribution >= 4 is 28.5 Å². The Hall–Kier alpha value is -4.27. The summed E-state index contributed by atoms with van der Waals surface area (Å²) in [6.07, 6.45) is -4.62. The van der Waals surface area contributed by atoms with E-state index in [0.717, 1.165) is 10.9 Å². The van der Waals surface area contributed by atoms with Crippen LogP contribution in [0.3, 0.4) is 0 Å². The first-order valence-electron chi connectivity index (χ1n) is 10.6. The molecule has 1 N–H and O–H groups in total. The maximum atomic E-state index is 12.6. The van der Waals surface area contributed by atoms with Crippen molar-refractivity contribution in [3.8, 4) is 5.75 Å². The van der Waals surface area contributed by atoms with E-state index in [2.05, 4.69) is 10.1 Å². The van der Waals surface area contributed by atoms with Crippen LogP contribution in [0, 0.1) is 0 Å². The molecule has 0 unspecified atom stereocenters. The SMILES string of the molecule is CN(Cc1ccc(OC(F)(F)F)cc1)C(=O)Cc1ccc(NC(=O)c2cc3ccccc3o2)cc1. The number of carbonyl (C=O) groups is 2. The molecule has 35 heavy (non-hydrogen) atoms. The Bertz CT molecular complexity index is 1300. The Balaban J connectivity index is 1.30. The van der Waals surface area contributed by atoms with Gasteiger partial charge < -0.3 is 19.4 Å². The highest BCUT2D eigenvalue weighted by molar-refractivity contribution is 6.04. The topological polar surface area (TPSA) is 71.8 Å². The number of likely N-dealkylation sites (N-methyl/N-ethyl adjacent to an activating group) is 1. The van der Waals surface area contributed by atoms with E-state index in [1.165, 1.54) is 29.2 Å². The summed E-state index contributed by atoms with van der Waals surface area (Å²) in [5.74, 6) is -0.663. The lowest BCUT2D eigenvalue weighted by Gasteiger charge is -2.18. The minimum atomic E-state index is -4.75. The second-order valence-corrected chi connectivity index (χ2v) is 7.92. The fourth-order valence-corrected chi connectivity index (χ4v) is 3.46. The highest BCUT2D eigenvalue weighted by atomic mass is 19.4. The number of furan rings is 1. The number of hydrogen-bond donors (Lipinski definition) is 1. The van der Waals surface area contributed by atoms with Gasteiger partial charge in [-0.15, -0.1) is 13.2 Å². The molecule has 1 aromatic heterocycles. The van der Waals surface area contributed by atoms with Crippen molar-refractivity contribution in [3.05, 3.63) is 95.7 Å². The summed E-state index contributed by atoms with van der Waals surface area (Å²) in [7, 11) is 1.62. The molecule has 4 rings (SSSR count). The summed E-state index contributed by atoms with van der Waals surface area (Å²) in [6, 6.07) is 21.2. The summed E-state index contributed by atoms with van der Waals surface area (Å²) in [5.41, 5.74) is 2.60. The van der Waals surface area contributed by atoms with Crippen molar-refractivity contribution < 1.29 is 31.9 Å². The van der Waals surface area contributed by atoms with Crippen LogP contribution in [0.1, 0.15) is 21.7 Å². The first kappa shape index (κ1) is 23.9. The molecule has 0 saturated heterocycles. The van der Waals surface area contributed by atoms with Crippen LogP contribution in [0.4, 0.5) is 18.9 Å². The second kappa shape index (κ2) is 9.92. The maximum Gasteiger partial charge on any atom is 0.573 e. The van der Waals surface area contributed by atoms with Gasteiger partial charge in [0.05, 0.1) is 6.42 Å². The van der Waals surface area contributed by atoms with Crippen LogP contribution in [-0.2, 0) is 17.8 Å². The number of halogens is 3. The van der Waals surface area contributed by atoms with Crippen LogP contribution < -0.4 is 10.1 Å². The Kier molecular flexibility index (Phi) is 6.77. The lowest BCUT2D eigenvalue weighted by molar-refractivity contribution is -0.274. The van der Waals surface area contributed by atoms with E-state index in [1.54, 1.807) is 43.4 Å². The van der Waals surface area contributed by atoms with Gasteiger partial charge in [-0.1, -0.05) is 42.5 Å². The molecule has 9 heteroatoms. The van der Waals surface area contributed by atoms with Gasteiger partial charge in [0.25, 0.3) is 5.91 Å². The van der Waals surface area contributed by atoms with Gasteiger partial charge in [-0.2, -0.15) is 0 Å². The van der Waals surface area contributed by atoms with E-state index in [9.17, 15) is 22.8 Å². The van der Waals surface area contributed by atoms with Crippen LogP contribution in [0.15, 0.2) is 83.3 Å². The summed E-state index contributed by atoms with van der Waals surface area (Å²) < 4.78 is 46.2. The molecule has 1 heterocycles. The number of nitrogens with one attached hydrogen (secondary N) is 1. The molecule has 0 radical (unpaired) electrons. The van der Waals surface area contributed by atoms with Crippen LogP contribution in [0.5, 0.6) is 5.75 Å². The molecular weight excluding hydrogens is 461 g/mol. The third-order valence-corrected chi connectivity index (χ3v) is 5.22. The van der Waals surface area contributed by atoms with Gasteiger partial charge in [0, 0.05) is 24.7 Å². The number of para-hydroxylation sites is 1. The molecule has 0 aliphatic carbocycles. The Morgan fingerprint density at radius 2 is 1.60 bits per heavy atom. The van der Waals surface area contributed by atoms with E-state index < -0.39 is 6.36 Å². The van der Waals surface area contributed by atoms with Crippen molar-refractivity contribution in [3.63, 3.8) is 0 Å². The van der Waals surface area contributed by atoms with Crippen molar-refractivity contribution in [1.82, 2.24) is 4.90 Å². The molecule has 0 aliphatic heterocycles. The second-order valence-electron chi connectivity index (χ2n) is 7.92. The van der Waals surface area contributed by atoms with Crippen LogP contribution in [0.25, 0.3) is 11.0 Å². The normalized spacial score (nSPS) is 11.3. The molecule has 2 amide bonds. The van der Waals surface area contributed by atoms with Gasteiger partial charge in [-0.3, -0.25) is 9.59 Å². The molecule has 0 fully saturated rings.